The van der Waals surface area contributed by atoms with Crippen LogP contribution in [0.25, 0.3) is 28.2 Å². The number of nitrogens with zero attached hydrogens (tertiary/aromatic N) is 2. The van der Waals surface area contributed by atoms with E-state index in [1.165, 1.54) is 5.56 Å². The van der Waals surface area contributed by atoms with Crippen molar-refractivity contribution in [3.8, 4) is 28.4 Å². The van der Waals surface area contributed by atoms with Gasteiger partial charge in [0.2, 0.25) is 0 Å². The number of fused-ring (bicyclic) bond motifs is 1. The molecule has 0 amide bonds. The fraction of sp³-hybridized carbons (Fsp3) is 0.0500. The molecular weight excluding hydrogens is 284 g/mol. The molecule has 0 spiro atoms. The largest absolute Gasteiger partial charge is 0.507 e. The second-order valence-corrected chi connectivity index (χ2v) is 5.63. The summed E-state index contributed by atoms with van der Waals surface area (Å²) >= 11 is 0. The fourth-order valence-electron chi connectivity index (χ4n) is 2.90. The van der Waals surface area contributed by atoms with Crippen molar-refractivity contribution in [1.82, 2.24) is 9.38 Å². The summed E-state index contributed by atoms with van der Waals surface area (Å²) in [7, 11) is 0. The average molecular weight is 300 g/mol. The van der Waals surface area contributed by atoms with Gasteiger partial charge in [-0.25, -0.2) is 4.98 Å². The van der Waals surface area contributed by atoms with Crippen molar-refractivity contribution in [2.45, 2.75) is 6.92 Å². The molecule has 0 atom stereocenters. The fourth-order valence-corrected chi connectivity index (χ4v) is 2.90. The molecule has 3 nitrogen and oxygen atoms in total. The summed E-state index contributed by atoms with van der Waals surface area (Å²) < 4.78 is 2.07. The quantitative estimate of drug-likeness (QED) is 0.583. The van der Waals surface area contributed by atoms with Crippen LogP contribution >= 0.6 is 0 Å². The van der Waals surface area contributed by atoms with Gasteiger partial charge in [-0.15, -0.1) is 0 Å². The number of benzene rings is 2. The first-order chi connectivity index (χ1) is 11.2. The van der Waals surface area contributed by atoms with Crippen molar-refractivity contribution in [3.63, 3.8) is 0 Å². The SMILES string of the molecule is Cc1cccc(-c2nc(-c3ccccc3O)c3ccccn23)c1. The topological polar surface area (TPSA) is 37.5 Å². The summed E-state index contributed by atoms with van der Waals surface area (Å²) in [6, 6.07) is 21.6. The molecule has 4 aromatic rings. The first kappa shape index (κ1) is 13.6. The normalized spacial score (nSPS) is 11.0. The van der Waals surface area contributed by atoms with Crippen LogP contribution < -0.4 is 0 Å². The van der Waals surface area contributed by atoms with Gasteiger partial charge in [0.25, 0.3) is 0 Å². The first-order valence-electron chi connectivity index (χ1n) is 7.56. The van der Waals surface area contributed by atoms with Gasteiger partial charge in [0.1, 0.15) is 17.3 Å². The predicted molar refractivity (Wildman–Crippen MR) is 92.5 cm³/mol. The van der Waals surface area contributed by atoms with E-state index in [0.29, 0.717) is 0 Å². The highest BCUT2D eigenvalue weighted by molar-refractivity contribution is 5.84. The van der Waals surface area contributed by atoms with Crippen molar-refractivity contribution in [2.24, 2.45) is 0 Å². The lowest BCUT2D eigenvalue weighted by molar-refractivity contribution is 0.477. The maximum atomic E-state index is 10.2. The molecule has 23 heavy (non-hydrogen) atoms. The van der Waals surface area contributed by atoms with Gasteiger partial charge in [-0.3, -0.25) is 4.40 Å². The molecule has 0 aliphatic carbocycles. The third kappa shape index (κ3) is 2.27. The third-order valence-corrected chi connectivity index (χ3v) is 3.98. The van der Waals surface area contributed by atoms with Crippen molar-refractivity contribution in [2.75, 3.05) is 0 Å². The molecule has 0 saturated heterocycles. The van der Waals surface area contributed by atoms with Crippen LogP contribution in [0.1, 0.15) is 5.56 Å². The van der Waals surface area contributed by atoms with E-state index in [1.54, 1.807) is 6.07 Å². The van der Waals surface area contributed by atoms with Crippen molar-refractivity contribution >= 4 is 5.52 Å². The Morgan fingerprint density at radius 2 is 1.74 bits per heavy atom. The highest BCUT2D eigenvalue weighted by atomic mass is 16.3. The Kier molecular flexibility index (Phi) is 3.12. The number of pyridine rings is 1. The summed E-state index contributed by atoms with van der Waals surface area (Å²) in [6.45, 7) is 2.07. The number of aromatic nitrogens is 2. The Hall–Kier alpha value is -3.07. The van der Waals surface area contributed by atoms with Crippen LogP contribution in [-0.4, -0.2) is 14.5 Å². The molecule has 2 aromatic heterocycles. The highest BCUT2D eigenvalue weighted by Gasteiger charge is 2.15. The smallest absolute Gasteiger partial charge is 0.145 e. The van der Waals surface area contributed by atoms with E-state index in [-0.39, 0.29) is 5.75 Å². The van der Waals surface area contributed by atoms with Gasteiger partial charge in [-0.1, -0.05) is 42.0 Å². The zero-order valence-electron chi connectivity index (χ0n) is 12.8. The van der Waals surface area contributed by atoms with E-state index in [2.05, 4.69) is 29.5 Å². The highest BCUT2D eigenvalue weighted by Crippen LogP contribution is 2.34. The van der Waals surface area contributed by atoms with E-state index in [4.69, 9.17) is 4.98 Å². The summed E-state index contributed by atoms with van der Waals surface area (Å²) in [5, 5.41) is 10.2. The maximum Gasteiger partial charge on any atom is 0.145 e. The number of rotatable bonds is 2. The van der Waals surface area contributed by atoms with E-state index in [0.717, 1.165) is 28.2 Å². The lowest BCUT2D eigenvalue weighted by Gasteiger charge is -2.02. The number of phenolic OH excluding ortho intramolecular Hbond substituents is 1. The van der Waals surface area contributed by atoms with Gasteiger partial charge in [-0.05, 0) is 37.3 Å². The van der Waals surface area contributed by atoms with Crippen LogP contribution in [0.5, 0.6) is 5.75 Å². The summed E-state index contributed by atoms with van der Waals surface area (Å²) in [5.41, 5.74) is 4.77. The number of aromatic hydroxyl groups is 1. The van der Waals surface area contributed by atoms with Crippen molar-refractivity contribution in [3.05, 3.63) is 78.5 Å². The molecule has 3 heteroatoms. The zero-order valence-corrected chi connectivity index (χ0v) is 12.8. The van der Waals surface area contributed by atoms with Gasteiger partial charge >= 0.3 is 0 Å². The number of hydrogen-bond acceptors (Lipinski definition) is 2. The zero-order chi connectivity index (χ0) is 15.8. The van der Waals surface area contributed by atoms with E-state index in [9.17, 15) is 5.11 Å². The summed E-state index contributed by atoms with van der Waals surface area (Å²) in [6.07, 6.45) is 2.00. The lowest BCUT2D eigenvalue weighted by atomic mass is 10.1. The summed E-state index contributed by atoms with van der Waals surface area (Å²) in [5.74, 6) is 1.12. The molecule has 2 aromatic carbocycles. The Balaban J connectivity index is 2.03. The average Bonchev–Trinajstić information content (AvgIpc) is 2.95. The Morgan fingerprint density at radius 1 is 0.913 bits per heavy atom. The maximum absolute atomic E-state index is 10.2. The van der Waals surface area contributed by atoms with E-state index >= 15 is 0 Å². The number of aryl methyl sites for hydroxylation is 1. The molecule has 112 valence electrons. The number of phenols is 1. The minimum Gasteiger partial charge on any atom is -0.507 e. The molecule has 0 aliphatic rings. The molecule has 2 heterocycles. The van der Waals surface area contributed by atoms with Gasteiger partial charge in [0, 0.05) is 17.3 Å². The minimum atomic E-state index is 0.243. The standard InChI is InChI=1S/C20H16N2O/c1-14-7-6-8-15(13-14)20-21-19(16-9-2-3-11-18(16)23)17-10-4-5-12-22(17)20/h2-13,23H,1H3. The van der Waals surface area contributed by atoms with Crippen LogP contribution in [0.3, 0.4) is 0 Å². The third-order valence-electron chi connectivity index (χ3n) is 3.98. The van der Waals surface area contributed by atoms with Crippen molar-refractivity contribution in [1.29, 1.82) is 0 Å². The molecule has 4 rings (SSSR count). The first-order valence-corrected chi connectivity index (χ1v) is 7.56. The second-order valence-electron chi connectivity index (χ2n) is 5.63. The second kappa shape index (κ2) is 5.29. The monoisotopic (exact) mass is 300 g/mol. The van der Waals surface area contributed by atoms with Crippen LogP contribution in [0, 0.1) is 6.92 Å². The van der Waals surface area contributed by atoms with Crippen LogP contribution in [-0.2, 0) is 0 Å². The van der Waals surface area contributed by atoms with Gasteiger partial charge in [0.05, 0.1) is 5.52 Å². The Bertz CT molecular complexity index is 1000. The molecule has 0 aliphatic heterocycles. The number of hydrogen-bond donors (Lipinski definition) is 1. The van der Waals surface area contributed by atoms with E-state index in [1.807, 2.05) is 48.7 Å². The lowest BCUT2D eigenvalue weighted by Crippen LogP contribution is -1.88. The molecule has 1 N–H and O–H groups in total. The molecule has 0 saturated carbocycles. The number of imidazole rings is 1. The van der Waals surface area contributed by atoms with E-state index < -0.39 is 0 Å². The molecule has 0 radical (unpaired) electrons. The van der Waals surface area contributed by atoms with Gasteiger partial charge < -0.3 is 5.11 Å². The molecule has 0 fully saturated rings. The predicted octanol–water partition coefficient (Wildman–Crippen LogP) is 4.68. The molecule has 0 unspecified atom stereocenters. The minimum absolute atomic E-state index is 0.243. The summed E-state index contributed by atoms with van der Waals surface area (Å²) in [4.78, 5) is 4.83. The Morgan fingerprint density at radius 3 is 2.57 bits per heavy atom. The van der Waals surface area contributed by atoms with Crippen LogP contribution in [0.4, 0.5) is 0 Å². The van der Waals surface area contributed by atoms with Gasteiger partial charge in [-0.2, -0.15) is 0 Å². The van der Waals surface area contributed by atoms with Crippen molar-refractivity contribution < 1.29 is 5.11 Å². The van der Waals surface area contributed by atoms with Crippen LogP contribution in [0.15, 0.2) is 72.9 Å². The van der Waals surface area contributed by atoms with Gasteiger partial charge in [0.15, 0.2) is 0 Å². The number of para-hydroxylation sites is 1. The Labute approximate surface area is 134 Å². The van der Waals surface area contributed by atoms with Crippen LogP contribution in [0.2, 0.25) is 0 Å². The molecule has 0 bridgehead atoms. The molecular formula is C20H16N2O.